The third-order valence-electron chi connectivity index (χ3n) is 3.73. The molecule has 1 aromatic rings. The number of carbonyl (C=O) groups excluding carboxylic acids is 1. The highest BCUT2D eigenvalue weighted by Crippen LogP contribution is 2.45. The Labute approximate surface area is 123 Å². The molecule has 0 heterocycles. The molecule has 1 aromatic carbocycles. The normalized spacial score (nSPS) is 15.1. The maximum Gasteiger partial charge on any atom is 0.314 e. The van der Waals surface area contributed by atoms with E-state index in [2.05, 4.69) is 10.6 Å². The molecule has 114 valence electrons. The first-order valence-corrected chi connectivity index (χ1v) is 6.94. The monoisotopic (exact) mass is 292 g/mol. The summed E-state index contributed by atoms with van der Waals surface area (Å²) < 4.78 is 5.13. The van der Waals surface area contributed by atoms with Crippen LogP contribution in [0.15, 0.2) is 24.3 Å². The number of nitrogens with one attached hydrogen (secondary N) is 2. The van der Waals surface area contributed by atoms with Crippen LogP contribution in [0.3, 0.4) is 0 Å². The van der Waals surface area contributed by atoms with Crippen molar-refractivity contribution in [2.45, 2.75) is 19.3 Å². The topological polar surface area (TPSA) is 87.7 Å². The van der Waals surface area contributed by atoms with Gasteiger partial charge in [0.15, 0.2) is 0 Å². The minimum absolute atomic E-state index is 0.188. The molecule has 0 saturated heterocycles. The maximum absolute atomic E-state index is 11.6. The van der Waals surface area contributed by atoms with Gasteiger partial charge >= 0.3 is 12.0 Å². The molecule has 3 N–H and O–H groups in total. The Bertz CT molecular complexity index is 526. The molecule has 1 saturated carbocycles. The molecule has 0 radical (unpaired) electrons. The van der Waals surface area contributed by atoms with Crippen molar-refractivity contribution < 1.29 is 19.4 Å². The Morgan fingerprint density at radius 3 is 2.71 bits per heavy atom. The van der Waals surface area contributed by atoms with Crippen LogP contribution in [0.4, 0.5) is 4.79 Å². The Morgan fingerprint density at radius 2 is 2.10 bits per heavy atom. The zero-order chi connectivity index (χ0) is 15.3. The van der Waals surface area contributed by atoms with Crippen LogP contribution < -0.4 is 15.4 Å². The van der Waals surface area contributed by atoms with E-state index in [4.69, 9.17) is 9.84 Å². The molecule has 21 heavy (non-hydrogen) atoms. The van der Waals surface area contributed by atoms with E-state index in [0.29, 0.717) is 25.8 Å². The summed E-state index contributed by atoms with van der Waals surface area (Å²) in [5, 5.41) is 14.4. The second-order valence-corrected chi connectivity index (χ2v) is 5.30. The predicted octanol–water partition coefficient (Wildman–Crippen LogP) is 1.40. The number of rotatable bonds is 7. The molecular weight excluding hydrogens is 272 g/mol. The summed E-state index contributed by atoms with van der Waals surface area (Å²) in [4.78, 5) is 22.6. The molecule has 0 aromatic heterocycles. The predicted molar refractivity (Wildman–Crippen MR) is 77.4 cm³/mol. The summed E-state index contributed by atoms with van der Waals surface area (Å²) in [6.45, 7) is 0.673. The van der Waals surface area contributed by atoms with E-state index < -0.39 is 11.4 Å². The summed E-state index contributed by atoms with van der Waals surface area (Å²) in [5.74, 6) is -0.0479. The van der Waals surface area contributed by atoms with E-state index in [9.17, 15) is 9.59 Å². The first kappa shape index (κ1) is 15.2. The third-order valence-corrected chi connectivity index (χ3v) is 3.73. The van der Waals surface area contributed by atoms with Crippen molar-refractivity contribution in [3.8, 4) is 5.75 Å². The lowest BCUT2D eigenvalue weighted by molar-refractivity contribution is -0.143. The van der Waals surface area contributed by atoms with Gasteiger partial charge in [0.05, 0.1) is 12.5 Å². The number of carboxylic acids is 1. The van der Waals surface area contributed by atoms with E-state index in [0.717, 1.165) is 11.3 Å². The van der Waals surface area contributed by atoms with Gasteiger partial charge in [-0.3, -0.25) is 4.79 Å². The van der Waals surface area contributed by atoms with Crippen molar-refractivity contribution >= 4 is 12.0 Å². The van der Waals surface area contributed by atoms with Crippen LogP contribution in [0, 0.1) is 5.41 Å². The van der Waals surface area contributed by atoms with Crippen LogP contribution >= 0.6 is 0 Å². The Kier molecular flexibility index (Phi) is 4.67. The zero-order valence-electron chi connectivity index (χ0n) is 12.0. The molecule has 2 rings (SSSR count). The van der Waals surface area contributed by atoms with Crippen LogP contribution in [-0.4, -0.2) is 37.3 Å². The van der Waals surface area contributed by atoms with Gasteiger partial charge in [-0.2, -0.15) is 0 Å². The molecule has 6 heteroatoms. The highest BCUT2D eigenvalue weighted by molar-refractivity contribution is 5.80. The van der Waals surface area contributed by atoms with Crippen molar-refractivity contribution in [2.75, 3.05) is 20.2 Å². The fourth-order valence-electron chi connectivity index (χ4n) is 2.08. The molecular formula is C15H20N2O4. The van der Waals surface area contributed by atoms with Gasteiger partial charge in [-0.1, -0.05) is 12.1 Å². The first-order valence-electron chi connectivity index (χ1n) is 6.94. The van der Waals surface area contributed by atoms with Crippen LogP contribution in [0.2, 0.25) is 0 Å². The van der Waals surface area contributed by atoms with Gasteiger partial charge in [-0.05, 0) is 37.0 Å². The Hall–Kier alpha value is -2.24. The summed E-state index contributed by atoms with van der Waals surface area (Å²) in [6, 6.07) is 7.32. The van der Waals surface area contributed by atoms with Crippen LogP contribution in [-0.2, 0) is 11.2 Å². The van der Waals surface area contributed by atoms with Gasteiger partial charge in [0.1, 0.15) is 5.75 Å². The van der Waals surface area contributed by atoms with E-state index in [1.54, 1.807) is 7.11 Å². The van der Waals surface area contributed by atoms with E-state index >= 15 is 0 Å². The minimum Gasteiger partial charge on any atom is -0.497 e. The van der Waals surface area contributed by atoms with Gasteiger partial charge < -0.3 is 20.5 Å². The second kappa shape index (κ2) is 6.47. The van der Waals surface area contributed by atoms with Crippen molar-refractivity contribution in [3.05, 3.63) is 29.8 Å². The molecule has 1 fully saturated rings. The number of hydrogen-bond acceptors (Lipinski definition) is 3. The van der Waals surface area contributed by atoms with Gasteiger partial charge in [-0.25, -0.2) is 4.79 Å². The van der Waals surface area contributed by atoms with Crippen molar-refractivity contribution in [1.29, 1.82) is 0 Å². The van der Waals surface area contributed by atoms with Gasteiger partial charge in [0, 0.05) is 13.1 Å². The lowest BCUT2D eigenvalue weighted by Crippen LogP contribution is -2.41. The minimum atomic E-state index is -0.834. The number of amides is 2. The number of aliphatic carboxylic acids is 1. The molecule has 1 aliphatic carbocycles. The van der Waals surface area contributed by atoms with E-state index in [1.165, 1.54) is 0 Å². The SMILES string of the molecule is COc1cccc(CCNC(=O)NCC2(C(=O)O)CC2)c1. The summed E-state index contributed by atoms with van der Waals surface area (Å²) in [7, 11) is 1.61. The number of ether oxygens (including phenoxy) is 1. The summed E-state index contributed by atoms with van der Waals surface area (Å²) >= 11 is 0. The van der Waals surface area contributed by atoms with E-state index in [-0.39, 0.29) is 12.6 Å². The highest BCUT2D eigenvalue weighted by Gasteiger charge is 2.50. The number of hydrogen-bond donors (Lipinski definition) is 3. The van der Waals surface area contributed by atoms with Crippen molar-refractivity contribution in [2.24, 2.45) is 5.41 Å². The zero-order valence-corrected chi connectivity index (χ0v) is 12.0. The second-order valence-electron chi connectivity index (χ2n) is 5.30. The molecule has 0 atom stereocenters. The first-order chi connectivity index (χ1) is 10.1. The lowest BCUT2D eigenvalue weighted by Gasteiger charge is -2.12. The molecule has 0 spiro atoms. The van der Waals surface area contributed by atoms with Crippen molar-refractivity contribution in [3.63, 3.8) is 0 Å². The lowest BCUT2D eigenvalue weighted by atomic mass is 10.1. The Morgan fingerprint density at radius 1 is 1.33 bits per heavy atom. The number of benzene rings is 1. The van der Waals surface area contributed by atoms with Crippen LogP contribution in [0.25, 0.3) is 0 Å². The highest BCUT2D eigenvalue weighted by atomic mass is 16.5. The Balaban J connectivity index is 1.68. The van der Waals surface area contributed by atoms with Gasteiger partial charge in [0.25, 0.3) is 0 Å². The standard InChI is InChI=1S/C15H20N2O4/c1-21-12-4-2-3-11(9-12)5-8-16-14(20)17-10-15(6-7-15)13(18)19/h2-4,9H,5-8,10H2,1H3,(H,18,19)(H2,16,17,20). The van der Waals surface area contributed by atoms with Crippen LogP contribution in [0.5, 0.6) is 5.75 Å². The molecule has 1 aliphatic rings. The average Bonchev–Trinajstić information content (AvgIpc) is 3.27. The maximum atomic E-state index is 11.6. The van der Waals surface area contributed by atoms with E-state index in [1.807, 2.05) is 24.3 Å². The summed E-state index contributed by atoms with van der Waals surface area (Å²) in [5.41, 5.74) is 0.336. The largest absolute Gasteiger partial charge is 0.497 e. The smallest absolute Gasteiger partial charge is 0.314 e. The van der Waals surface area contributed by atoms with Crippen LogP contribution in [0.1, 0.15) is 18.4 Å². The number of carboxylic acid groups (broad SMARTS) is 1. The fourth-order valence-corrected chi connectivity index (χ4v) is 2.08. The number of methoxy groups -OCH3 is 1. The van der Waals surface area contributed by atoms with Gasteiger partial charge in [0.2, 0.25) is 0 Å². The molecule has 6 nitrogen and oxygen atoms in total. The van der Waals surface area contributed by atoms with Gasteiger partial charge in [-0.15, -0.1) is 0 Å². The molecule has 0 unspecified atom stereocenters. The summed E-state index contributed by atoms with van der Waals surface area (Å²) in [6.07, 6.45) is 1.95. The third kappa shape index (κ3) is 4.11. The molecule has 0 bridgehead atoms. The fraction of sp³-hybridized carbons (Fsp3) is 0.467. The number of carbonyl (C=O) groups is 2. The quantitative estimate of drug-likeness (QED) is 0.709. The molecule has 2 amide bonds. The van der Waals surface area contributed by atoms with Crippen molar-refractivity contribution in [1.82, 2.24) is 10.6 Å². The average molecular weight is 292 g/mol. The molecule has 0 aliphatic heterocycles. The number of urea groups is 1.